The lowest BCUT2D eigenvalue weighted by atomic mass is 10.1. The second-order valence-corrected chi connectivity index (χ2v) is 3.41. The molecule has 0 radical (unpaired) electrons. The molecule has 0 unspecified atom stereocenters. The molecule has 1 rings (SSSR count). The molecule has 0 bridgehead atoms. The van der Waals surface area contributed by atoms with Crippen LogP contribution in [-0.4, -0.2) is 11.5 Å². The highest BCUT2D eigenvalue weighted by Gasteiger charge is 2.11. The maximum atomic E-state index is 10.1. The maximum absolute atomic E-state index is 10.1. The van der Waals surface area contributed by atoms with Crippen molar-refractivity contribution in [3.63, 3.8) is 0 Å². The van der Waals surface area contributed by atoms with Crippen molar-refractivity contribution in [3.05, 3.63) is 32.5 Å². The zero-order chi connectivity index (χ0) is 8.27. The van der Waals surface area contributed by atoms with Crippen molar-refractivity contribution in [3.8, 4) is 0 Å². The van der Waals surface area contributed by atoms with E-state index in [4.69, 9.17) is 0 Å². The number of thiophene rings is 1. The minimum absolute atomic E-state index is 0.0283. The van der Waals surface area contributed by atoms with Crippen LogP contribution in [0.1, 0.15) is 17.7 Å². The molecule has 1 aromatic rings. The number of rotatable bonds is 3. The van der Waals surface area contributed by atoms with Gasteiger partial charge in [0.05, 0.1) is 5.92 Å². The quantitative estimate of drug-likeness (QED) is 0.516. The summed E-state index contributed by atoms with van der Waals surface area (Å²) < 4.78 is 0. The number of nitrogens with zero attached hydrogens (tertiary/aromatic N) is 1. The Bertz CT molecular complexity index is 233. The summed E-state index contributed by atoms with van der Waals surface area (Å²) in [5.74, 6) is 0.0463. The third-order valence-electron chi connectivity index (χ3n) is 1.45. The number of hydrogen-bond acceptors (Lipinski definition) is 3. The van der Waals surface area contributed by atoms with Crippen LogP contribution < -0.4 is 0 Å². The Labute approximate surface area is 68.8 Å². The molecule has 0 N–H and O–H groups in total. The second-order valence-electron chi connectivity index (χ2n) is 2.43. The highest BCUT2D eigenvalue weighted by atomic mass is 32.1. The van der Waals surface area contributed by atoms with Crippen molar-refractivity contribution >= 4 is 11.3 Å². The van der Waals surface area contributed by atoms with E-state index in [0.29, 0.717) is 0 Å². The molecule has 0 spiro atoms. The van der Waals surface area contributed by atoms with Gasteiger partial charge in [0.1, 0.15) is 0 Å². The van der Waals surface area contributed by atoms with Gasteiger partial charge < -0.3 is 0 Å². The van der Waals surface area contributed by atoms with Crippen LogP contribution >= 0.6 is 11.3 Å². The summed E-state index contributed by atoms with van der Waals surface area (Å²) in [5, 5.41) is 12.1. The summed E-state index contributed by atoms with van der Waals surface area (Å²) in [5.41, 5.74) is 0. The molecule has 0 aliphatic carbocycles. The van der Waals surface area contributed by atoms with Crippen LogP contribution in [-0.2, 0) is 0 Å². The highest BCUT2D eigenvalue weighted by Crippen LogP contribution is 2.20. The monoisotopic (exact) mass is 171 g/mol. The number of nitro groups is 1. The molecule has 0 aliphatic rings. The fourth-order valence-corrected chi connectivity index (χ4v) is 1.66. The molecular formula is C7H9NO2S. The first-order valence-corrected chi connectivity index (χ1v) is 4.23. The van der Waals surface area contributed by atoms with Gasteiger partial charge in [0, 0.05) is 9.80 Å². The lowest BCUT2D eigenvalue weighted by Crippen LogP contribution is -2.07. The minimum Gasteiger partial charge on any atom is -0.265 e. The first-order valence-electron chi connectivity index (χ1n) is 3.35. The lowest BCUT2D eigenvalue weighted by Gasteiger charge is -2.01. The van der Waals surface area contributed by atoms with Gasteiger partial charge >= 0.3 is 0 Å². The van der Waals surface area contributed by atoms with Crippen LogP contribution in [0.3, 0.4) is 0 Å². The van der Waals surface area contributed by atoms with Crippen molar-refractivity contribution in [2.45, 2.75) is 12.8 Å². The summed E-state index contributed by atoms with van der Waals surface area (Å²) in [7, 11) is 0. The van der Waals surface area contributed by atoms with Crippen LogP contribution in [0.4, 0.5) is 0 Å². The van der Waals surface area contributed by atoms with E-state index >= 15 is 0 Å². The van der Waals surface area contributed by atoms with E-state index in [1.54, 1.807) is 11.3 Å². The molecule has 0 saturated carbocycles. The van der Waals surface area contributed by atoms with Crippen LogP contribution in [0, 0.1) is 10.1 Å². The molecule has 1 aromatic heterocycles. The zero-order valence-corrected chi connectivity index (χ0v) is 7.00. The van der Waals surface area contributed by atoms with E-state index < -0.39 is 0 Å². The fourth-order valence-electron chi connectivity index (χ4n) is 0.885. The summed E-state index contributed by atoms with van der Waals surface area (Å²) in [4.78, 5) is 10.9. The Hall–Kier alpha value is -0.900. The van der Waals surface area contributed by atoms with E-state index in [0.717, 1.165) is 4.88 Å². The third kappa shape index (κ3) is 2.31. The smallest absolute Gasteiger partial charge is 0.211 e. The van der Waals surface area contributed by atoms with Gasteiger partial charge in [-0.15, -0.1) is 11.3 Å². The van der Waals surface area contributed by atoms with Gasteiger partial charge in [0.2, 0.25) is 6.54 Å². The highest BCUT2D eigenvalue weighted by molar-refractivity contribution is 7.10. The Balaban J connectivity index is 2.56. The maximum Gasteiger partial charge on any atom is 0.211 e. The molecule has 0 aliphatic heterocycles. The van der Waals surface area contributed by atoms with Gasteiger partial charge in [-0.1, -0.05) is 13.0 Å². The normalized spacial score (nSPS) is 12.8. The van der Waals surface area contributed by atoms with E-state index in [2.05, 4.69) is 0 Å². The van der Waals surface area contributed by atoms with Crippen molar-refractivity contribution < 1.29 is 4.92 Å². The van der Waals surface area contributed by atoms with Crippen molar-refractivity contribution in [1.29, 1.82) is 0 Å². The minimum atomic E-state index is -0.273. The molecule has 11 heavy (non-hydrogen) atoms. The topological polar surface area (TPSA) is 43.1 Å². The van der Waals surface area contributed by atoms with Gasteiger partial charge in [0.25, 0.3) is 0 Å². The average Bonchev–Trinajstić information content (AvgIpc) is 2.35. The van der Waals surface area contributed by atoms with Crippen molar-refractivity contribution in [2.24, 2.45) is 0 Å². The van der Waals surface area contributed by atoms with Gasteiger partial charge in [-0.3, -0.25) is 10.1 Å². The van der Waals surface area contributed by atoms with E-state index in [1.165, 1.54) is 0 Å². The van der Waals surface area contributed by atoms with Crippen LogP contribution in [0.15, 0.2) is 17.5 Å². The SMILES string of the molecule is C[C@@H](C[N+](=O)[O-])c1cccs1. The Morgan fingerprint density at radius 2 is 2.55 bits per heavy atom. The van der Waals surface area contributed by atoms with Crippen molar-refractivity contribution in [1.82, 2.24) is 0 Å². The third-order valence-corrected chi connectivity index (χ3v) is 2.56. The average molecular weight is 171 g/mol. The Morgan fingerprint density at radius 3 is 3.00 bits per heavy atom. The van der Waals surface area contributed by atoms with Gasteiger partial charge in [-0.2, -0.15) is 0 Å². The first-order chi connectivity index (χ1) is 5.20. The number of hydrogen-bond donors (Lipinski definition) is 0. The summed E-state index contributed by atoms with van der Waals surface area (Å²) >= 11 is 1.57. The van der Waals surface area contributed by atoms with Crippen LogP contribution in [0.5, 0.6) is 0 Å². The van der Waals surface area contributed by atoms with Crippen molar-refractivity contribution in [2.75, 3.05) is 6.54 Å². The molecule has 60 valence electrons. The summed E-state index contributed by atoms with van der Waals surface area (Å²) in [6, 6.07) is 3.84. The lowest BCUT2D eigenvalue weighted by molar-refractivity contribution is -0.482. The van der Waals surface area contributed by atoms with Gasteiger partial charge in [0.15, 0.2) is 0 Å². The molecule has 3 nitrogen and oxygen atoms in total. The second kappa shape index (κ2) is 3.48. The van der Waals surface area contributed by atoms with E-state index in [9.17, 15) is 10.1 Å². The van der Waals surface area contributed by atoms with E-state index in [-0.39, 0.29) is 17.4 Å². The Kier molecular flexibility index (Phi) is 2.59. The van der Waals surface area contributed by atoms with Crippen LogP contribution in [0.2, 0.25) is 0 Å². The standard InChI is InChI=1S/C7H9NO2S/c1-6(5-8(9)10)7-3-2-4-11-7/h2-4,6H,5H2,1H3/t6-/m0/s1. The summed E-state index contributed by atoms with van der Waals surface area (Å²) in [6.45, 7) is 1.90. The van der Waals surface area contributed by atoms with Gasteiger partial charge in [-0.25, -0.2) is 0 Å². The summed E-state index contributed by atoms with van der Waals surface area (Å²) in [6.07, 6.45) is 0. The molecule has 4 heteroatoms. The predicted molar refractivity (Wildman–Crippen MR) is 44.6 cm³/mol. The Morgan fingerprint density at radius 1 is 1.82 bits per heavy atom. The molecule has 1 heterocycles. The zero-order valence-electron chi connectivity index (χ0n) is 6.19. The predicted octanol–water partition coefficient (Wildman–Crippen LogP) is 2.13. The fraction of sp³-hybridized carbons (Fsp3) is 0.429. The molecule has 0 fully saturated rings. The molecule has 0 saturated heterocycles. The molecule has 1 atom stereocenters. The molecule has 0 amide bonds. The molecule has 0 aromatic carbocycles. The largest absolute Gasteiger partial charge is 0.265 e. The van der Waals surface area contributed by atoms with Crippen LogP contribution in [0.25, 0.3) is 0 Å². The first kappa shape index (κ1) is 8.20. The molecular weight excluding hydrogens is 162 g/mol. The van der Waals surface area contributed by atoms with E-state index in [1.807, 2.05) is 24.4 Å². The van der Waals surface area contributed by atoms with Gasteiger partial charge in [-0.05, 0) is 11.4 Å².